The Hall–Kier alpha value is -2.07. The van der Waals surface area contributed by atoms with E-state index >= 15 is 0 Å². The van der Waals surface area contributed by atoms with Gasteiger partial charge >= 0.3 is 0 Å². The third-order valence-electron chi connectivity index (χ3n) is 7.08. The summed E-state index contributed by atoms with van der Waals surface area (Å²) in [6.07, 6.45) is 8.17. The molecule has 144 valence electrons. The molecule has 28 heavy (non-hydrogen) atoms. The number of carbonyl (C=O) groups is 1. The van der Waals surface area contributed by atoms with E-state index < -0.39 is 0 Å². The summed E-state index contributed by atoms with van der Waals surface area (Å²) in [7, 11) is 0. The van der Waals surface area contributed by atoms with Crippen LogP contribution in [0.15, 0.2) is 23.6 Å². The summed E-state index contributed by atoms with van der Waals surface area (Å²) in [5.74, 6) is 0.282. The van der Waals surface area contributed by atoms with Gasteiger partial charge in [0.05, 0.1) is 11.6 Å². The molecule has 3 aliphatic rings. The highest BCUT2D eigenvalue weighted by Gasteiger charge is 2.38. The maximum Gasteiger partial charge on any atom is 0.255 e. The number of aromatic nitrogens is 1. The van der Waals surface area contributed by atoms with Crippen molar-refractivity contribution in [3.63, 3.8) is 0 Å². The molecule has 1 atom stereocenters. The number of hydrogen-bond donors (Lipinski definition) is 0. The fraction of sp³-hybridized carbons (Fsp3) is 0.458. The van der Waals surface area contributed by atoms with E-state index in [0.717, 1.165) is 44.3 Å². The minimum atomic E-state index is 0.247. The average Bonchev–Trinajstić information content (AvgIpc) is 3.29. The van der Waals surface area contributed by atoms with E-state index in [0.29, 0.717) is 0 Å². The topological polar surface area (TPSA) is 25.2 Å². The van der Waals surface area contributed by atoms with Crippen LogP contribution >= 0.6 is 11.3 Å². The lowest BCUT2D eigenvalue weighted by molar-refractivity contribution is 0.0600. The van der Waals surface area contributed by atoms with Crippen molar-refractivity contribution in [2.24, 2.45) is 0 Å². The van der Waals surface area contributed by atoms with Crippen LogP contribution in [0.5, 0.6) is 0 Å². The van der Waals surface area contributed by atoms with Gasteiger partial charge in [-0.2, -0.15) is 0 Å². The Morgan fingerprint density at radius 1 is 1.07 bits per heavy atom. The van der Waals surface area contributed by atoms with Crippen molar-refractivity contribution in [1.82, 2.24) is 9.47 Å². The van der Waals surface area contributed by atoms with Gasteiger partial charge in [-0.1, -0.05) is 11.6 Å². The van der Waals surface area contributed by atoms with Crippen LogP contribution in [-0.4, -0.2) is 21.9 Å². The number of nitrogens with zero attached hydrogens (tertiary/aromatic N) is 2. The summed E-state index contributed by atoms with van der Waals surface area (Å²) in [5.41, 5.74) is 7.98. The highest BCUT2D eigenvalue weighted by atomic mass is 32.1. The van der Waals surface area contributed by atoms with Crippen LogP contribution in [0.2, 0.25) is 0 Å². The van der Waals surface area contributed by atoms with Crippen molar-refractivity contribution >= 4 is 28.1 Å². The highest BCUT2D eigenvalue weighted by molar-refractivity contribution is 7.10. The first-order valence-electron chi connectivity index (χ1n) is 10.7. The molecular formula is C24H26N2OS. The molecule has 0 saturated carbocycles. The SMILES string of the molecule is Cc1ccc2c(c1)c1c3n2CCN(C(=O)c2csc4c2CCCC4)[C@@H]3CCC1. The molecule has 0 radical (unpaired) electrons. The monoisotopic (exact) mass is 390 g/mol. The first-order valence-corrected chi connectivity index (χ1v) is 11.6. The summed E-state index contributed by atoms with van der Waals surface area (Å²) in [6.45, 7) is 3.93. The summed E-state index contributed by atoms with van der Waals surface area (Å²) < 4.78 is 2.51. The Morgan fingerprint density at radius 3 is 2.86 bits per heavy atom. The number of benzene rings is 1. The number of rotatable bonds is 1. The first kappa shape index (κ1) is 16.8. The molecule has 1 amide bonds. The second kappa shape index (κ2) is 6.21. The summed E-state index contributed by atoms with van der Waals surface area (Å²) in [4.78, 5) is 17.3. The van der Waals surface area contributed by atoms with Gasteiger partial charge in [0.1, 0.15) is 0 Å². The number of aryl methyl sites for hydroxylation is 3. The highest BCUT2D eigenvalue weighted by Crippen LogP contribution is 2.44. The Bertz CT molecular complexity index is 1110. The number of carbonyl (C=O) groups excluding carboxylic acids is 1. The fourth-order valence-corrected chi connectivity index (χ4v) is 6.91. The van der Waals surface area contributed by atoms with E-state index in [1.165, 1.54) is 57.4 Å². The normalized spacial score (nSPS) is 20.9. The molecule has 1 aromatic carbocycles. The van der Waals surface area contributed by atoms with Crippen LogP contribution in [-0.2, 0) is 25.8 Å². The Labute approximate surface area is 170 Å². The molecule has 0 saturated heterocycles. The molecule has 0 spiro atoms. The third-order valence-corrected chi connectivity index (χ3v) is 8.17. The lowest BCUT2D eigenvalue weighted by atomic mass is 9.88. The predicted octanol–water partition coefficient (Wildman–Crippen LogP) is 5.42. The zero-order valence-electron chi connectivity index (χ0n) is 16.5. The predicted molar refractivity (Wildman–Crippen MR) is 114 cm³/mol. The standard InChI is InChI=1S/C24H26N2OS/c1-15-9-10-20-18(13-15)17-6-4-7-21-23(17)25(20)11-12-26(21)24(27)19-14-28-22-8-3-2-5-16(19)22/h9-10,13-14,21H,2-8,11-12H2,1H3/t21-/m1/s1. The average molecular weight is 391 g/mol. The molecule has 3 nitrogen and oxygen atoms in total. The lowest BCUT2D eigenvalue weighted by Crippen LogP contribution is -2.43. The van der Waals surface area contributed by atoms with E-state index in [1.807, 2.05) is 11.3 Å². The van der Waals surface area contributed by atoms with E-state index in [-0.39, 0.29) is 11.9 Å². The van der Waals surface area contributed by atoms with Crippen LogP contribution in [0.3, 0.4) is 0 Å². The molecular weight excluding hydrogens is 364 g/mol. The van der Waals surface area contributed by atoms with Gasteiger partial charge < -0.3 is 9.47 Å². The molecule has 2 aliphatic carbocycles. The van der Waals surface area contributed by atoms with Crippen molar-refractivity contribution in [3.8, 4) is 0 Å². The molecule has 1 aliphatic heterocycles. The van der Waals surface area contributed by atoms with E-state index in [4.69, 9.17) is 0 Å². The van der Waals surface area contributed by atoms with Crippen LogP contribution in [0.4, 0.5) is 0 Å². The molecule has 0 unspecified atom stereocenters. The summed E-state index contributed by atoms with van der Waals surface area (Å²) in [6, 6.07) is 7.10. The molecule has 4 heteroatoms. The van der Waals surface area contributed by atoms with Gasteiger partial charge in [0.25, 0.3) is 5.91 Å². The van der Waals surface area contributed by atoms with Crippen molar-refractivity contribution < 1.29 is 4.79 Å². The Morgan fingerprint density at radius 2 is 1.93 bits per heavy atom. The largest absolute Gasteiger partial charge is 0.341 e. The van der Waals surface area contributed by atoms with Gasteiger partial charge in [0.15, 0.2) is 0 Å². The summed E-state index contributed by atoms with van der Waals surface area (Å²) >= 11 is 1.81. The van der Waals surface area contributed by atoms with E-state index in [2.05, 4.69) is 40.0 Å². The van der Waals surface area contributed by atoms with Gasteiger partial charge in [0, 0.05) is 39.9 Å². The number of hydrogen-bond acceptors (Lipinski definition) is 2. The zero-order valence-corrected chi connectivity index (χ0v) is 17.3. The molecule has 0 bridgehead atoms. The van der Waals surface area contributed by atoms with Gasteiger partial charge in [0.2, 0.25) is 0 Å². The smallest absolute Gasteiger partial charge is 0.255 e. The number of thiophene rings is 1. The Kier molecular flexibility index (Phi) is 3.74. The van der Waals surface area contributed by atoms with Gasteiger partial charge in [-0.15, -0.1) is 11.3 Å². The van der Waals surface area contributed by atoms with Gasteiger partial charge in [-0.05, 0) is 75.1 Å². The second-order valence-corrected chi connectivity index (χ2v) is 9.67. The zero-order chi connectivity index (χ0) is 18.8. The maximum atomic E-state index is 13.6. The fourth-order valence-electron chi connectivity index (χ4n) is 5.79. The molecule has 3 aromatic rings. The molecule has 0 fully saturated rings. The quantitative estimate of drug-likeness (QED) is 0.544. The van der Waals surface area contributed by atoms with Crippen molar-refractivity contribution in [3.05, 3.63) is 56.4 Å². The van der Waals surface area contributed by atoms with Gasteiger partial charge in [-0.25, -0.2) is 0 Å². The number of fused-ring (bicyclic) bond motifs is 4. The maximum absolute atomic E-state index is 13.6. The third kappa shape index (κ3) is 2.30. The van der Waals surface area contributed by atoms with Crippen LogP contribution < -0.4 is 0 Å². The van der Waals surface area contributed by atoms with Gasteiger partial charge in [-0.3, -0.25) is 4.79 Å². The van der Waals surface area contributed by atoms with Crippen LogP contribution in [0.25, 0.3) is 10.9 Å². The second-order valence-electron chi connectivity index (χ2n) is 8.70. The lowest BCUT2D eigenvalue weighted by Gasteiger charge is -2.40. The first-order chi connectivity index (χ1) is 13.7. The van der Waals surface area contributed by atoms with E-state index in [1.54, 1.807) is 0 Å². The van der Waals surface area contributed by atoms with E-state index in [9.17, 15) is 4.79 Å². The van der Waals surface area contributed by atoms with Crippen molar-refractivity contribution in [2.45, 2.75) is 64.5 Å². The van der Waals surface area contributed by atoms with Crippen LogP contribution in [0, 0.1) is 6.92 Å². The molecule has 0 N–H and O–H groups in total. The summed E-state index contributed by atoms with van der Waals surface area (Å²) in [5, 5.41) is 3.57. The van der Waals surface area contributed by atoms with Crippen LogP contribution in [0.1, 0.15) is 69.3 Å². The van der Waals surface area contributed by atoms with Crippen molar-refractivity contribution in [1.29, 1.82) is 0 Å². The minimum absolute atomic E-state index is 0.247. The molecule has 3 heterocycles. The minimum Gasteiger partial charge on any atom is -0.341 e. The van der Waals surface area contributed by atoms with Crippen molar-refractivity contribution in [2.75, 3.05) is 6.54 Å². The molecule has 6 rings (SSSR count). The number of amides is 1. The molecule has 2 aromatic heterocycles. The Balaban J connectivity index is 1.44.